The van der Waals surface area contributed by atoms with Gasteiger partial charge in [-0.15, -0.1) is 0 Å². The number of nitrogens with one attached hydrogen (secondary N) is 1. The summed E-state index contributed by atoms with van der Waals surface area (Å²) in [5.41, 5.74) is 3.20. The Balaban J connectivity index is 1.55. The molecule has 1 saturated heterocycles. The molecule has 34 heavy (non-hydrogen) atoms. The van der Waals surface area contributed by atoms with Crippen molar-refractivity contribution < 1.29 is 23.2 Å². The molecule has 1 atom stereocenters. The molecule has 2 N–H and O–H groups in total. The number of nitrogens with zero attached hydrogens (tertiary/aromatic N) is 2. The summed E-state index contributed by atoms with van der Waals surface area (Å²) >= 11 is 7.82. The van der Waals surface area contributed by atoms with Crippen molar-refractivity contribution in [3.05, 3.63) is 65.3 Å². The molecule has 3 aromatic rings. The van der Waals surface area contributed by atoms with E-state index in [0.29, 0.717) is 16.5 Å². The molecule has 1 aromatic heterocycles. The molecule has 1 amide bonds. The minimum atomic E-state index is -3.99. The van der Waals surface area contributed by atoms with E-state index in [1.165, 1.54) is 23.9 Å². The summed E-state index contributed by atoms with van der Waals surface area (Å²) in [5, 5.41) is 10.6. The molecule has 180 valence electrons. The Morgan fingerprint density at radius 3 is 2.68 bits per heavy atom. The highest BCUT2D eigenvalue weighted by Gasteiger charge is 2.48. The fraction of sp³-hybridized carbons (Fsp3) is 0.304. The normalized spacial score (nSPS) is 18.5. The number of thioether (sulfide) groups is 1. The molecule has 11 heteroatoms. The highest BCUT2D eigenvalue weighted by Crippen LogP contribution is 2.38. The SMILES string of the molecule is CC1(C)SCCN(S(=O)(=O)c2ccc(OCc3c(Cl)cnc4ccccc34)cc2)[C@H]1C(=O)NO. The van der Waals surface area contributed by atoms with Gasteiger partial charge >= 0.3 is 0 Å². The van der Waals surface area contributed by atoms with E-state index in [2.05, 4.69) is 4.98 Å². The first-order valence-corrected chi connectivity index (χ1v) is 13.3. The number of benzene rings is 2. The zero-order chi connectivity index (χ0) is 24.5. The predicted molar refractivity (Wildman–Crippen MR) is 132 cm³/mol. The third-order valence-corrected chi connectivity index (χ3v) is 9.30. The maximum Gasteiger partial charge on any atom is 0.263 e. The first kappa shape index (κ1) is 24.7. The highest BCUT2D eigenvalue weighted by molar-refractivity contribution is 8.00. The first-order chi connectivity index (χ1) is 16.1. The highest BCUT2D eigenvalue weighted by atomic mass is 35.5. The lowest BCUT2D eigenvalue weighted by Crippen LogP contribution is -2.61. The Hall–Kier alpha value is -2.37. The van der Waals surface area contributed by atoms with Gasteiger partial charge in [-0.1, -0.05) is 29.8 Å². The number of rotatable bonds is 6. The number of sulfonamides is 1. The number of hydrogen-bond acceptors (Lipinski definition) is 7. The number of amides is 1. The number of carbonyl (C=O) groups excluding carboxylic acids is 1. The molecule has 0 unspecified atom stereocenters. The van der Waals surface area contributed by atoms with Crippen molar-refractivity contribution >= 4 is 50.2 Å². The second kappa shape index (κ2) is 9.71. The van der Waals surface area contributed by atoms with Gasteiger partial charge in [-0.25, -0.2) is 13.9 Å². The van der Waals surface area contributed by atoms with Crippen LogP contribution in [0.25, 0.3) is 10.9 Å². The molecule has 1 aliphatic rings. The van der Waals surface area contributed by atoms with Gasteiger partial charge < -0.3 is 4.74 Å². The number of fused-ring (bicyclic) bond motifs is 1. The van der Waals surface area contributed by atoms with Crippen LogP contribution < -0.4 is 10.2 Å². The van der Waals surface area contributed by atoms with Crippen LogP contribution in [-0.4, -0.2) is 51.9 Å². The Kier molecular flexibility index (Phi) is 7.07. The van der Waals surface area contributed by atoms with E-state index in [0.717, 1.165) is 20.8 Å². The number of carbonyl (C=O) groups is 1. The minimum Gasteiger partial charge on any atom is -0.489 e. The second-order valence-corrected chi connectivity index (χ2v) is 12.4. The van der Waals surface area contributed by atoms with Crippen LogP contribution in [0.15, 0.2) is 59.6 Å². The average Bonchev–Trinajstić information content (AvgIpc) is 2.82. The third-order valence-electron chi connectivity index (χ3n) is 5.74. The van der Waals surface area contributed by atoms with Crippen molar-refractivity contribution in [2.75, 3.05) is 12.3 Å². The van der Waals surface area contributed by atoms with Gasteiger partial charge in [0.1, 0.15) is 18.4 Å². The van der Waals surface area contributed by atoms with Crippen molar-refractivity contribution in [1.29, 1.82) is 0 Å². The van der Waals surface area contributed by atoms with Gasteiger partial charge in [-0.3, -0.25) is 15.0 Å². The van der Waals surface area contributed by atoms with Crippen LogP contribution in [0.1, 0.15) is 19.4 Å². The Labute approximate surface area is 207 Å². The largest absolute Gasteiger partial charge is 0.489 e. The van der Waals surface area contributed by atoms with Gasteiger partial charge in [-0.05, 0) is 44.2 Å². The van der Waals surface area contributed by atoms with Crippen LogP contribution in [0, 0.1) is 0 Å². The van der Waals surface area contributed by atoms with Crippen LogP contribution in [0.2, 0.25) is 5.02 Å². The van der Waals surface area contributed by atoms with Crippen molar-refractivity contribution in [3.63, 3.8) is 0 Å². The summed E-state index contributed by atoms with van der Waals surface area (Å²) < 4.78 is 33.1. The van der Waals surface area contributed by atoms with E-state index in [4.69, 9.17) is 16.3 Å². The monoisotopic (exact) mass is 521 g/mol. The molecule has 0 aliphatic carbocycles. The molecule has 0 radical (unpaired) electrons. The topological polar surface area (TPSA) is 109 Å². The standard InChI is InChI=1S/C23H24ClN3O5S2/c1-23(2)21(22(28)26-29)27(11-12-33-23)34(30,31)16-9-7-15(8-10-16)32-14-18-17-5-3-4-6-20(17)25-13-19(18)24/h3-10,13,21,29H,11-12,14H2,1-2H3,(H,26,28)/t21-/m0/s1. The van der Waals surface area contributed by atoms with E-state index in [9.17, 15) is 18.4 Å². The zero-order valence-corrected chi connectivity index (χ0v) is 21.0. The first-order valence-electron chi connectivity index (χ1n) is 10.5. The molecule has 0 spiro atoms. The van der Waals surface area contributed by atoms with Crippen molar-refractivity contribution in [2.24, 2.45) is 0 Å². The quantitative estimate of drug-likeness (QED) is 0.374. The summed E-state index contributed by atoms with van der Waals surface area (Å²) in [7, 11) is -3.99. The van der Waals surface area contributed by atoms with E-state index >= 15 is 0 Å². The predicted octanol–water partition coefficient (Wildman–Crippen LogP) is 3.86. The summed E-state index contributed by atoms with van der Waals surface area (Å²) in [6, 6.07) is 12.6. The molecular weight excluding hydrogens is 498 g/mol. The third kappa shape index (κ3) is 4.73. The van der Waals surface area contributed by atoms with Gasteiger partial charge in [0.05, 0.1) is 15.4 Å². The second-order valence-electron chi connectivity index (χ2n) is 8.31. The number of para-hydroxylation sites is 1. The summed E-state index contributed by atoms with van der Waals surface area (Å²) in [6.07, 6.45) is 1.58. The van der Waals surface area contributed by atoms with E-state index in [1.54, 1.807) is 37.7 Å². The van der Waals surface area contributed by atoms with E-state index in [-0.39, 0.29) is 18.0 Å². The number of pyridine rings is 1. The van der Waals surface area contributed by atoms with Crippen LogP contribution >= 0.6 is 23.4 Å². The molecule has 8 nitrogen and oxygen atoms in total. The molecule has 0 saturated carbocycles. The molecule has 2 heterocycles. The van der Waals surface area contributed by atoms with Gasteiger partial charge in [0, 0.05) is 34.2 Å². The minimum absolute atomic E-state index is 0.0330. The summed E-state index contributed by atoms with van der Waals surface area (Å²) in [4.78, 5) is 16.7. The number of halogens is 1. The van der Waals surface area contributed by atoms with Crippen molar-refractivity contribution in [1.82, 2.24) is 14.8 Å². The van der Waals surface area contributed by atoms with Gasteiger partial charge in [0.15, 0.2) is 0 Å². The number of hydroxylamine groups is 1. The fourth-order valence-corrected chi connectivity index (χ4v) is 7.35. The van der Waals surface area contributed by atoms with Gasteiger partial charge in [0.2, 0.25) is 10.0 Å². The maximum absolute atomic E-state index is 13.4. The van der Waals surface area contributed by atoms with E-state index < -0.39 is 26.7 Å². The smallest absolute Gasteiger partial charge is 0.263 e. The molecule has 4 rings (SSSR count). The van der Waals surface area contributed by atoms with Gasteiger partial charge in [0.25, 0.3) is 5.91 Å². The van der Waals surface area contributed by atoms with Crippen LogP contribution in [0.3, 0.4) is 0 Å². The maximum atomic E-state index is 13.4. The molecule has 2 aromatic carbocycles. The van der Waals surface area contributed by atoms with Crippen LogP contribution in [0.5, 0.6) is 5.75 Å². The van der Waals surface area contributed by atoms with Crippen LogP contribution in [-0.2, 0) is 21.4 Å². The van der Waals surface area contributed by atoms with Crippen LogP contribution in [0.4, 0.5) is 0 Å². The number of hydrogen-bond donors (Lipinski definition) is 2. The average molecular weight is 522 g/mol. The number of ether oxygens (including phenoxy) is 1. The van der Waals surface area contributed by atoms with Gasteiger partial charge in [-0.2, -0.15) is 16.1 Å². The lowest BCUT2D eigenvalue weighted by atomic mass is 10.0. The Morgan fingerprint density at radius 1 is 1.26 bits per heavy atom. The molecule has 1 aliphatic heterocycles. The molecule has 0 bridgehead atoms. The summed E-state index contributed by atoms with van der Waals surface area (Å²) in [6.45, 7) is 3.90. The number of aromatic nitrogens is 1. The van der Waals surface area contributed by atoms with Crippen molar-refractivity contribution in [2.45, 2.75) is 36.1 Å². The molecule has 1 fully saturated rings. The fourth-order valence-electron chi connectivity index (χ4n) is 4.04. The Bertz CT molecular complexity index is 1320. The van der Waals surface area contributed by atoms with Crippen molar-refractivity contribution in [3.8, 4) is 5.75 Å². The van der Waals surface area contributed by atoms with E-state index in [1.807, 2.05) is 24.3 Å². The lowest BCUT2D eigenvalue weighted by molar-refractivity contribution is -0.134. The Morgan fingerprint density at radius 2 is 1.97 bits per heavy atom. The molecular formula is C23H24ClN3O5S2. The zero-order valence-electron chi connectivity index (χ0n) is 18.6. The summed E-state index contributed by atoms with van der Waals surface area (Å²) in [5.74, 6) is 0.237. The lowest BCUT2D eigenvalue weighted by Gasteiger charge is -2.43.